The number of ether oxygens (including phenoxy) is 2. The van der Waals surface area contributed by atoms with E-state index in [1.807, 2.05) is 0 Å². The molecule has 0 spiro atoms. The predicted octanol–water partition coefficient (Wildman–Crippen LogP) is 2.95. The summed E-state index contributed by atoms with van der Waals surface area (Å²) in [5.74, 6) is -0.664. The van der Waals surface area contributed by atoms with Gasteiger partial charge in [0, 0.05) is 17.0 Å². The first-order valence-electron chi connectivity index (χ1n) is 4.66. The summed E-state index contributed by atoms with van der Waals surface area (Å²) in [5.41, 5.74) is 0.551. The molecule has 0 aliphatic heterocycles. The van der Waals surface area contributed by atoms with Gasteiger partial charge in [0.1, 0.15) is 0 Å². The van der Waals surface area contributed by atoms with Crippen molar-refractivity contribution < 1.29 is 22.6 Å². The zero-order valence-electron chi connectivity index (χ0n) is 9.21. The fourth-order valence-electron chi connectivity index (χ4n) is 1.26. The number of nitriles is 1. The molecule has 98 valence electrons. The summed E-state index contributed by atoms with van der Waals surface area (Å²) < 4.78 is 45.3. The highest BCUT2D eigenvalue weighted by atomic mass is 79.9. The van der Waals surface area contributed by atoms with Crippen molar-refractivity contribution >= 4 is 15.9 Å². The lowest BCUT2D eigenvalue weighted by atomic mass is 10.1. The molecule has 0 atom stereocenters. The third-order valence-electron chi connectivity index (χ3n) is 1.98. The van der Waals surface area contributed by atoms with Crippen molar-refractivity contribution in [1.82, 2.24) is 4.98 Å². The van der Waals surface area contributed by atoms with Crippen LogP contribution in [0.3, 0.4) is 0 Å². The third kappa shape index (κ3) is 3.77. The van der Waals surface area contributed by atoms with E-state index in [4.69, 9.17) is 10.00 Å². The van der Waals surface area contributed by atoms with Crippen LogP contribution in [0.2, 0.25) is 0 Å². The topological polar surface area (TPSA) is 55.1 Å². The van der Waals surface area contributed by atoms with Gasteiger partial charge < -0.3 is 9.47 Å². The first-order chi connectivity index (χ1) is 8.41. The van der Waals surface area contributed by atoms with Gasteiger partial charge in [-0.3, -0.25) is 0 Å². The van der Waals surface area contributed by atoms with Crippen molar-refractivity contribution in [3.63, 3.8) is 0 Å². The molecule has 0 bridgehead atoms. The molecular formula is C10H8BrF3N2O2. The number of nitrogens with zero attached hydrogens (tertiary/aromatic N) is 2. The monoisotopic (exact) mass is 324 g/mol. The molecule has 0 aliphatic carbocycles. The summed E-state index contributed by atoms with van der Waals surface area (Å²) in [7, 11) is 1.28. The van der Waals surface area contributed by atoms with Crippen molar-refractivity contribution in [2.45, 2.75) is 18.1 Å². The van der Waals surface area contributed by atoms with Crippen LogP contribution in [0.25, 0.3) is 0 Å². The van der Waals surface area contributed by atoms with Crippen LogP contribution in [0.15, 0.2) is 6.07 Å². The molecule has 0 unspecified atom stereocenters. The largest absolute Gasteiger partial charge is 0.574 e. The Balaban J connectivity index is 3.30. The highest BCUT2D eigenvalue weighted by Crippen LogP contribution is 2.31. The maximum absolute atomic E-state index is 12.2. The Hall–Kier alpha value is -1.49. The molecular weight excluding hydrogens is 317 g/mol. The molecule has 0 aromatic carbocycles. The lowest BCUT2D eigenvalue weighted by molar-refractivity contribution is -0.276. The lowest BCUT2D eigenvalue weighted by Gasteiger charge is -2.14. The molecule has 1 rings (SSSR count). The average molecular weight is 325 g/mol. The quantitative estimate of drug-likeness (QED) is 0.799. The van der Waals surface area contributed by atoms with Gasteiger partial charge in [-0.15, -0.1) is 13.2 Å². The third-order valence-corrected chi connectivity index (χ3v) is 2.58. The number of hydrogen-bond donors (Lipinski definition) is 0. The van der Waals surface area contributed by atoms with Gasteiger partial charge in [0.2, 0.25) is 11.8 Å². The highest BCUT2D eigenvalue weighted by Gasteiger charge is 2.33. The molecule has 18 heavy (non-hydrogen) atoms. The molecule has 4 nitrogen and oxygen atoms in total. The van der Waals surface area contributed by atoms with Crippen LogP contribution in [0.4, 0.5) is 13.2 Å². The Bertz CT molecular complexity index is 471. The van der Waals surface area contributed by atoms with Crippen molar-refractivity contribution in [1.29, 1.82) is 5.26 Å². The van der Waals surface area contributed by atoms with Crippen molar-refractivity contribution in [3.05, 3.63) is 17.2 Å². The molecule has 1 aromatic heterocycles. The molecule has 0 saturated carbocycles. The SMILES string of the molecule is COc1cc(CBr)c(CC#N)c(OC(F)(F)F)n1. The van der Waals surface area contributed by atoms with E-state index in [0.717, 1.165) is 0 Å². The van der Waals surface area contributed by atoms with Crippen LogP contribution in [0.5, 0.6) is 11.8 Å². The van der Waals surface area contributed by atoms with Crippen LogP contribution in [0, 0.1) is 11.3 Å². The number of aromatic nitrogens is 1. The molecule has 0 aliphatic rings. The van der Waals surface area contributed by atoms with Gasteiger partial charge in [0.05, 0.1) is 19.6 Å². The van der Waals surface area contributed by atoms with E-state index in [-0.39, 0.29) is 23.2 Å². The minimum Gasteiger partial charge on any atom is -0.481 e. The van der Waals surface area contributed by atoms with Gasteiger partial charge in [0.25, 0.3) is 0 Å². The van der Waals surface area contributed by atoms with Crippen molar-refractivity contribution in [2.24, 2.45) is 0 Å². The van der Waals surface area contributed by atoms with E-state index < -0.39 is 12.2 Å². The number of halogens is 4. The second kappa shape index (κ2) is 5.91. The van der Waals surface area contributed by atoms with Gasteiger partial charge in [0.15, 0.2) is 0 Å². The number of hydrogen-bond acceptors (Lipinski definition) is 4. The Morgan fingerprint density at radius 2 is 2.17 bits per heavy atom. The Morgan fingerprint density at radius 3 is 2.61 bits per heavy atom. The van der Waals surface area contributed by atoms with Crippen molar-refractivity contribution in [2.75, 3.05) is 7.11 Å². The molecule has 0 fully saturated rings. The maximum atomic E-state index is 12.2. The van der Waals surface area contributed by atoms with Crippen LogP contribution in [-0.2, 0) is 11.8 Å². The zero-order chi connectivity index (χ0) is 13.8. The lowest BCUT2D eigenvalue weighted by Crippen LogP contribution is -2.19. The molecule has 8 heteroatoms. The number of pyridine rings is 1. The van der Waals surface area contributed by atoms with E-state index in [2.05, 4.69) is 25.7 Å². The van der Waals surface area contributed by atoms with Gasteiger partial charge in [-0.25, -0.2) is 0 Å². The number of methoxy groups -OCH3 is 1. The Morgan fingerprint density at radius 1 is 1.50 bits per heavy atom. The van der Waals surface area contributed by atoms with Crippen LogP contribution >= 0.6 is 15.9 Å². The second-order valence-corrected chi connectivity index (χ2v) is 3.68. The van der Waals surface area contributed by atoms with Crippen LogP contribution < -0.4 is 9.47 Å². The van der Waals surface area contributed by atoms with E-state index in [0.29, 0.717) is 5.56 Å². The standard InChI is InChI=1S/C10H8BrF3N2O2/c1-17-8-4-6(5-11)7(2-3-15)9(16-8)18-10(12,13)14/h4H,2,5H2,1H3. The van der Waals surface area contributed by atoms with E-state index >= 15 is 0 Å². The first-order valence-corrected chi connectivity index (χ1v) is 5.79. The average Bonchev–Trinajstić information content (AvgIpc) is 2.29. The van der Waals surface area contributed by atoms with E-state index in [1.165, 1.54) is 13.2 Å². The maximum Gasteiger partial charge on any atom is 0.574 e. The van der Waals surface area contributed by atoms with E-state index in [1.54, 1.807) is 6.07 Å². The zero-order valence-corrected chi connectivity index (χ0v) is 10.8. The number of alkyl halides is 4. The Kier molecular flexibility index (Phi) is 4.78. The second-order valence-electron chi connectivity index (χ2n) is 3.12. The fourth-order valence-corrected chi connectivity index (χ4v) is 1.76. The molecule has 1 aromatic rings. The van der Waals surface area contributed by atoms with Gasteiger partial charge in [-0.1, -0.05) is 15.9 Å². The van der Waals surface area contributed by atoms with Crippen molar-refractivity contribution in [3.8, 4) is 17.8 Å². The number of rotatable bonds is 4. The van der Waals surface area contributed by atoms with Gasteiger partial charge in [-0.2, -0.15) is 10.2 Å². The summed E-state index contributed by atoms with van der Waals surface area (Å²) in [6.45, 7) is 0. The minimum atomic E-state index is -4.87. The predicted molar refractivity (Wildman–Crippen MR) is 59.4 cm³/mol. The summed E-state index contributed by atoms with van der Waals surface area (Å²) in [6, 6.07) is 3.22. The summed E-state index contributed by atoms with van der Waals surface area (Å²) in [4.78, 5) is 3.57. The normalized spacial score (nSPS) is 10.9. The summed E-state index contributed by atoms with van der Waals surface area (Å²) in [6.07, 6.45) is -5.10. The summed E-state index contributed by atoms with van der Waals surface area (Å²) >= 11 is 3.13. The molecule has 1 heterocycles. The van der Waals surface area contributed by atoms with Gasteiger partial charge in [-0.05, 0) is 5.56 Å². The molecule has 0 radical (unpaired) electrons. The van der Waals surface area contributed by atoms with Gasteiger partial charge >= 0.3 is 6.36 Å². The highest BCUT2D eigenvalue weighted by molar-refractivity contribution is 9.08. The first kappa shape index (κ1) is 14.6. The van der Waals surface area contributed by atoms with Crippen LogP contribution in [-0.4, -0.2) is 18.5 Å². The Labute approximate surface area is 109 Å². The molecule has 0 amide bonds. The molecule has 0 N–H and O–H groups in total. The van der Waals surface area contributed by atoms with Crippen LogP contribution in [0.1, 0.15) is 11.1 Å². The smallest absolute Gasteiger partial charge is 0.481 e. The van der Waals surface area contributed by atoms with E-state index in [9.17, 15) is 13.2 Å². The molecule has 0 saturated heterocycles. The fraction of sp³-hybridized carbons (Fsp3) is 0.400. The minimum absolute atomic E-state index is 0.00890. The summed E-state index contributed by atoms with van der Waals surface area (Å²) in [5, 5.41) is 8.89.